The topological polar surface area (TPSA) is 39.1 Å². The number of benzene rings is 1. The van der Waals surface area contributed by atoms with E-state index in [1.807, 2.05) is 37.3 Å². The lowest BCUT2D eigenvalue weighted by Crippen LogP contribution is -2.38. The minimum absolute atomic E-state index is 0.383. The Morgan fingerprint density at radius 2 is 2.04 bits per heavy atom. The number of allylic oxidation sites excluding steroid dienone is 3. The third-order valence-electron chi connectivity index (χ3n) is 4.32. The van der Waals surface area contributed by atoms with Gasteiger partial charge in [0.15, 0.2) is 0 Å². The summed E-state index contributed by atoms with van der Waals surface area (Å²) in [5.41, 5.74) is 2.40. The predicted octanol–water partition coefficient (Wildman–Crippen LogP) is 4.97. The van der Waals surface area contributed by atoms with Crippen LogP contribution in [-0.2, 0) is 10.0 Å². The molecule has 1 aromatic carbocycles. The van der Waals surface area contributed by atoms with Crippen LogP contribution in [0.1, 0.15) is 20.3 Å². The highest BCUT2D eigenvalue weighted by Crippen LogP contribution is 2.36. The number of halogens is 2. The molecule has 1 unspecified atom stereocenters. The average molecular weight is 469 g/mol. The molecule has 1 aliphatic rings. The summed E-state index contributed by atoms with van der Waals surface area (Å²) in [6, 6.07) is 7.46. The largest absolute Gasteiger partial charge is 0.248 e. The third kappa shape index (κ3) is 2.69. The summed E-state index contributed by atoms with van der Waals surface area (Å²) < 4.78 is 27.9. The Hall–Kier alpha value is -1.29. The van der Waals surface area contributed by atoms with Gasteiger partial charge in [-0.1, -0.05) is 30.2 Å². The van der Waals surface area contributed by atoms with Crippen LogP contribution in [0.2, 0.25) is 0 Å². The first-order valence-electron chi connectivity index (χ1n) is 7.32. The highest BCUT2D eigenvalue weighted by Gasteiger charge is 2.40. The fourth-order valence-electron chi connectivity index (χ4n) is 2.99. The van der Waals surface area contributed by atoms with E-state index in [2.05, 4.69) is 42.6 Å². The van der Waals surface area contributed by atoms with Crippen LogP contribution in [0.15, 0.2) is 58.2 Å². The van der Waals surface area contributed by atoms with Gasteiger partial charge in [0, 0.05) is 37.6 Å². The lowest BCUT2D eigenvalue weighted by Gasteiger charge is -2.29. The Balaban J connectivity index is 2.16. The fourth-order valence-corrected chi connectivity index (χ4v) is 5.62. The van der Waals surface area contributed by atoms with Gasteiger partial charge in [0.1, 0.15) is 4.75 Å². The molecule has 0 amide bonds. The van der Waals surface area contributed by atoms with Crippen molar-refractivity contribution in [2.75, 3.05) is 0 Å². The molecule has 1 aromatic heterocycles. The van der Waals surface area contributed by atoms with Gasteiger partial charge in [0.25, 0.3) is 0 Å². The Morgan fingerprint density at radius 3 is 2.71 bits per heavy atom. The maximum atomic E-state index is 13.4. The first kappa shape index (κ1) is 17.5. The fraction of sp³-hybridized carbons (Fsp3) is 0.222. The summed E-state index contributed by atoms with van der Waals surface area (Å²) in [4.78, 5) is 2.69. The molecule has 0 saturated heterocycles. The highest BCUT2D eigenvalue weighted by atomic mass is 79.9. The van der Waals surface area contributed by atoms with Crippen LogP contribution in [0.25, 0.3) is 10.9 Å². The lowest BCUT2D eigenvalue weighted by atomic mass is 9.92. The maximum absolute atomic E-state index is 13.4. The molecule has 3 rings (SSSR count). The molecule has 0 spiro atoms. The molecule has 124 valence electrons. The Morgan fingerprint density at radius 1 is 1.29 bits per heavy atom. The van der Waals surface area contributed by atoms with Gasteiger partial charge in [-0.15, -0.1) is 0 Å². The van der Waals surface area contributed by atoms with Crippen molar-refractivity contribution in [2.45, 2.75) is 25.0 Å². The first-order chi connectivity index (χ1) is 11.3. The van der Waals surface area contributed by atoms with E-state index < -0.39 is 14.8 Å². The third-order valence-corrected chi connectivity index (χ3v) is 7.44. The normalized spacial score (nSPS) is 21.0. The molecule has 1 atom stereocenters. The molecule has 6 heteroatoms. The second-order valence-corrected chi connectivity index (χ2v) is 9.50. The van der Waals surface area contributed by atoms with Crippen molar-refractivity contribution in [3.05, 3.63) is 58.2 Å². The monoisotopic (exact) mass is 467 g/mol. The molecule has 0 bridgehead atoms. The van der Waals surface area contributed by atoms with E-state index in [1.54, 1.807) is 19.2 Å². The smallest absolute Gasteiger partial charge is 0.243 e. The molecular formula is C18H15Br2NO2S. The number of aromatic nitrogens is 1. The van der Waals surface area contributed by atoms with E-state index >= 15 is 0 Å². The van der Waals surface area contributed by atoms with Gasteiger partial charge in [-0.3, -0.25) is 0 Å². The molecule has 24 heavy (non-hydrogen) atoms. The van der Waals surface area contributed by atoms with Gasteiger partial charge in [0.2, 0.25) is 10.0 Å². The number of nitrogens with zero attached hydrogens (tertiary/aromatic N) is 1. The molecular weight excluding hydrogens is 454 g/mol. The van der Waals surface area contributed by atoms with Crippen molar-refractivity contribution in [2.24, 2.45) is 0 Å². The van der Waals surface area contributed by atoms with Crippen LogP contribution in [0.4, 0.5) is 0 Å². The summed E-state index contributed by atoms with van der Waals surface area (Å²) in [7, 11) is -3.63. The van der Waals surface area contributed by atoms with E-state index in [-0.39, 0.29) is 0 Å². The standard InChI is InChI=1S/C18H15Br2NO2S/c1-13-12-18(2,9-6-14(13)7-10-19)24(22,23)21-11-8-15-4-3-5-16(20)17(15)21/h3-6,8,11-12H,9H2,1-2H3. The Labute approximate surface area is 158 Å². The molecule has 2 aromatic rings. The minimum Gasteiger partial charge on any atom is -0.243 e. The minimum atomic E-state index is -3.63. The zero-order valence-corrected chi connectivity index (χ0v) is 17.2. The summed E-state index contributed by atoms with van der Waals surface area (Å²) in [5.74, 6) is 2.95. The average Bonchev–Trinajstić information content (AvgIpc) is 2.96. The van der Waals surface area contributed by atoms with Crippen molar-refractivity contribution in [3.8, 4) is 10.8 Å². The van der Waals surface area contributed by atoms with Crippen LogP contribution in [-0.4, -0.2) is 17.1 Å². The number of fused-ring (bicyclic) bond motifs is 1. The molecule has 1 aliphatic carbocycles. The molecule has 0 N–H and O–H groups in total. The molecule has 1 heterocycles. The summed E-state index contributed by atoms with van der Waals surface area (Å²) in [6.07, 6.45) is 5.70. The quantitative estimate of drug-likeness (QED) is 0.583. The molecule has 0 saturated carbocycles. The molecule has 3 nitrogen and oxygen atoms in total. The van der Waals surface area contributed by atoms with Crippen LogP contribution >= 0.6 is 31.9 Å². The van der Waals surface area contributed by atoms with E-state index in [4.69, 9.17) is 0 Å². The summed E-state index contributed by atoms with van der Waals surface area (Å²) in [5, 5.41) is 0.884. The van der Waals surface area contributed by atoms with Crippen LogP contribution in [0, 0.1) is 10.8 Å². The van der Waals surface area contributed by atoms with Gasteiger partial charge < -0.3 is 0 Å². The van der Waals surface area contributed by atoms with Crippen molar-refractivity contribution >= 4 is 52.8 Å². The van der Waals surface area contributed by atoms with Gasteiger partial charge in [-0.2, -0.15) is 0 Å². The number of hydrogen-bond acceptors (Lipinski definition) is 2. The number of para-hydroxylation sites is 1. The van der Waals surface area contributed by atoms with Crippen molar-refractivity contribution < 1.29 is 8.42 Å². The van der Waals surface area contributed by atoms with Crippen LogP contribution < -0.4 is 0 Å². The predicted molar refractivity (Wildman–Crippen MR) is 106 cm³/mol. The van der Waals surface area contributed by atoms with E-state index in [0.717, 1.165) is 21.0 Å². The number of rotatable bonds is 2. The van der Waals surface area contributed by atoms with Gasteiger partial charge in [0.05, 0.1) is 5.52 Å². The van der Waals surface area contributed by atoms with Crippen molar-refractivity contribution in [1.29, 1.82) is 0 Å². The maximum Gasteiger partial charge on any atom is 0.248 e. The van der Waals surface area contributed by atoms with Crippen LogP contribution in [0.5, 0.6) is 0 Å². The summed E-state index contributed by atoms with van der Waals surface area (Å²) >= 11 is 6.56. The SMILES string of the molecule is CC1=CC(C)(S(=O)(=O)n2ccc3cccc(Br)c32)CC=C1C#CBr. The second kappa shape index (κ2) is 6.21. The Bertz CT molecular complexity index is 1050. The first-order valence-corrected chi connectivity index (χ1v) is 10.3. The van der Waals surface area contributed by atoms with E-state index in [9.17, 15) is 8.42 Å². The zero-order valence-electron chi connectivity index (χ0n) is 13.2. The molecule has 0 aliphatic heterocycles. The molecule has 0 fully saturated rings. The van der Waals surface area contributed by atoms with Crippen LogP contribution in [0.3, 0.4) is 0 Å². The molecule has 0 radical (unpaired) electrons. The van der Waals surface area contributed by atoms with E-state index in [1.165, 1.54) is 3.97 Å². The van der Waals surface area contributed by atoms with Gasteiger partial charge in [-0.05, 0) is 58.7 Å². The summed E-state index contributed by atoms with van der Waals surface area (Å²) in [6.45, 7) is 3.64. The zero-order chi connectivity index (χ0) is 17.5. The Kier molecular flexibility index (Phi) is 4.54. The van der Waals surface area contributed by atoms with Crippen molar-refractivity contribution in [1.82, 2.24) is 3.97 Å². The highest BCUT2D eigenvalue weighted by molar-refractivity contribution is 9.12. The van der Waals surface area contributed by atoms with E-state index in [0.29, 0.717) is 11.9 Å². The van der Waals surface area contributed by atoms with Gasteiger partial charge in [-0.25, -0.2) is 12.4 Å². The lowest BCUT2D eigenvalue weighted by molar-refractivity contribution is 0.553. The number of hydrogen-bond donors (Lipinski definition) is 0. The second-order valence-electron chi connectivity index (χ2n) is 5.98. The van der Waals surface area contributed by atoms with Crippen molar-refractivity contribution in [3.63, 3.8) is 0 Å². The van der Waals surface area contributed by atoms with Gasteiger partial charge >= 0.3 is 0 Å².